The number of hydrogen-bond donors (Lipinski definition) is 0. The van der Waals surface area contributed by atoms with Gasteiger partial charge in [0, 0.05) is 5.75 Å². The molecule has 0 bridgehead atoms. The Bertz CT molecular complexity index is 428. The Labute approximate surface area is 102 Å². The van der Waals surface area contributed by atoms with Gasteiger partial charge in [-0.15, -0.1) is 9.36 Å². The summed E-state index contributed by atoms with van der Waals surface area (Å²) in [6.07, 6.45) is 7.02. The highest BCUT2D eigenvalue weighted by molar-refractivity contribution is 7.85. The van der Waals surface area contributed by atoms with Crippen LogP contribution in [0.2, 0.25) is 0 Å². The quantitative estimate of drug-likeness (QED) is 0.383. The van der Waals surface area contributed by atoms with Gasteiger partial charge in [-0.1, -0.05) is 13.3 Å². The number of aryl methyl sites for hydroxylation is 2. The van der Waals surface area contributed by atoms with Crippen molar-refractivity contribution in [2.45, 2.75) is 45.7 Å². The van der Waals surface area contributed by atoms with Gasteiger partial charge >= 0.3 is 0 Å². The van der Waals surface area contributed by atoms with E-state index in [4.69, 9.17) is 0 Å². The fourth-order valence-corrected chi connectivity index (χ4v) is 2.03. The van der Waals surface area contributed by atoms with E-state index in [1.54, 1.807) is 4.68 Å². The third-order valence-corrected chi connectivity index (χ3v) is 3.20. The molecule has 6 nitrogen and oxygen atoms in total. The molecule has 0 radical (unpaired) electrons. The molecule has 0 spiro atoms. The summed E-state index contributed by atoms with van der Waals surface area (Å²) in [6, 6.07) is 0. The first-order chi connectivity index (χ1) is 8.01. The van der Waals surface area contributed by atoms with Crippen LogP contribution in [0.15, 0.2) is 12.4 Å². The molecule has 0 aliphatic rings. The fourth-order valence-electron chi connectivity index (χ4n) is 1.47. The van der Waals surface area contributed by atoms with E-state index in [-0.39, 0.29) is 5.75 Å². The molecular weight excluding hydrogens is 242 g/mol. The molecule has 1 aromatic rings. The van der Waals surface area contributed by atoms with Crippen molar-refractivity contribution in [2.24, 2.45) is 0 Å². The third-order valence-electron chi connectivity index (χ3n) is 2.41. The summed E-state index contributed by atoms with van der Waals surface area (Å²) in [5.41, 5.74) is 0. The Morgan fingerprint density at radius 2 is 2.12 bits per heavy atom. The molecule has 0 saturated carbocycles. The molecular formula is C10H19N3O3S. The lowest BCUT2D eigenvalue weighted by Crippen LogP contribution is -2.36. The maximum Gasteiger partial charge on any atom is 0.155 e. The van der Waals surface area contributed by atoms with Gasteiger partial charge in [0.25, 0.3) is 0 Å². The van der Waals surface area contributed by atoms with Crippen LogP contribution in [0.4, 0.5) is 0 Å². The van der Waals surface area contributed by atoms with Gasteiger partial charge in [0.15, 0.2) is 12.4 Å². The lowest BCUT2D eigenvalue weighted by Gasteiger charge is -2.04. The lowest BCUT2D eigenvalue weighted by atomic mass is 10.3. The molecule has 0 fully saturated rings. The summed E-state index contributed by atoms with van der Waals surface area (Å²) in [7, 11) is -4.07. The molecule has 0 aliphatic heterocycles. The average molecular weight is 261 g/mol. The number of nitrogens with zero attached hydrogens (tertiary/aromatic N) is 3. The maximum absolute atomic E-state index is 10.4. The third kappa shape index (κ3) is 6.38. The summed E-state index contributed by atoms with van der Waals surface area (Å²) in [4.78, 5) is 0. The maximum atomic E-state index is 10.4. The van der Waals surface area contributed by atoms with E-state index >= 15 is 0 Å². The van der Waals surface area contributed by atoms with Gasteiger partial charge in [-0.2, -0.15) is 0 Å². The van der Waals surface area contributed by atoms with Crippen molar-refractivity contribution in [2.75, 3.05) is 5.75 Å². The van der Waals surface area contributed by atoms with Crippen molar-refractivity contribution < 1.29 is 17.7 Å². The monoisotopic (exact) mass is 261 g/mol. The molecule has 0 unspecified atom stereocenters. The van der Waals surface area contributed by atoms with Crippen LogP contribution in [-0.2, 0) is 23.2 Å². The van der Waals surface area contributed by atoms with Crippen LogP contribution in [-0.4, -0.2) is 28.6 Å². The Balaban J connectivity index is 2.25. The largest absolute Gasteiger partial charge is 0.748 e. The summed E-state index contributed by atoms with van der Waals surface area (Å²) < 4.78 is 34.8. The highest BCUT2D eigenvalue weighted by Gasteiger charge is 2.05. The van der Waals surface area contributed by atoms with E-state index in [0.717, 1.165) is 19.4 Å². The molecule has 0 amide bonds. The Hall–Kier alpha value is -0.950. The number of aromatic nitrogens is 3. The van der Waals surface area contributed by atoms with E-state index in [0.29, 0.717) is 19.4 Å². The van der Waals surface area contributed by atoms with Gasteiger partial charge in [0.05, 0.1) is 15.3 Å². The second-order valence-electron chi connectivity index (χ2n) is 4.04. The molecule has 0 aromatic carbocycles. The zero-order valence-corrected chi connectivity index (χ0v) is 10.9. The molecule has 0 N–H and O–H groups in total. The number of hydrogen-bond acceptors (Lipinski definition) is 4. The predicted molar refractivity (Wildman–Crippen MR) is 61.1 cm³/mol. The lowest BCUT2D eigenvalue weighted by molar-refractivity contribution is -0.755. The summed E-state index contributed by atoms with van der Waals surface area (Å²) in [6.45, 7) is 3.67. The zero-order chi connectivity index (χ0) is 12.7. The summed E-state index contributed by atoms with van der Waals surface area (Å²) >= 11 is 0. The Morgan fingerprint density at radius 3 is 2.76 bits per heavy atom. The second kappa shape index (κ2) is 6.70. The van der Waals surface area contributed by atoms with Crippen LogP contribution in [0.1, 0.15) is 32.6 Å². The van der Waals surface area contributed by atoms with E-state index in [2.05, 4.69) is 12.1 Å². The molecule has 17 heavy (non-hydrogen) atoms. The highest BCUT2D eigenvalue weighted by atomic mass is 32.2. The van der Waals surface area contributed by atoms with Crippen LogP contribution in [0.25, 0.3) is 0 Å². The summed E-state index contributed by atoms with van der Waals surface area (Å²) in [5.74, 6) is -0.288. The normalized spacial score (nSPS) is 11.9. The van der Waals surface area contributed by atoms with Crippen molar-refractivity contribution in [3.8, 4) is 0 Å². The van der Waals surface area contributed by atoms with E-state index in [9.17, 15) is 13.0 Å². The SMILES string of the molecule is CCCCn1cc[n+](CCCCS(=O)(=O)[O-])n1. The fraction of sp³-hybridized carbons (Fsp3) is 0.800. The van der Waals surface area contributed by atoms with Crippen LogP contribution in [0.5, 0.6) is 0 Å². The van der Waals surface area contributed by atoms with Crippen LogP contribution in [0.3, 0.4) is 0 Å². The molecule has 1 heterocycles. The van der Waals surface area contributed by atoms with Gasteiger partial charge in [-0.3, -0.25) is 0 Å². The van der Waals surface area contributed by atoms with Gasteiger partial charge in [0.1, 0.15) is 13.1 Å². The van der Waals surface area contributed by atoms with Crippen LogP contribution in [0, 0.1) is 0 Å². The van der Waals surface area contributed by atoms with Crippen molar-refractivity contribution >= 4 is 10.1 Å². The number of rotatable bonds is 8. The second-order valence-corrected chi connectivity index (χ2v) is 5.56. The first-order valence-electron chi connectivity index (χ1n) is 5.88. The molecule has 98 valence electrons. The first kappa shape index (κ1) is 14.1. The van der Waals surface area contributed by atoms with E-state index in [1.807, 2.05) is 17.1 Å². The molecule has 7 heteroatoms. The van der Waals surface area contributed by atoms with Gasteiger partial charge in [0.2, 0.25) is 0 Å². The minimum Gasteiger partial charge on any atom is -0.748 e. The molecule has 1 rings (SSSR count). The van der Waals surface area contributed by atoms with E-state index < -0.39 is 10.1 Å². The number of unbranched alkanes of at least 4 members (excludes halogenated alkanes) is 2. The highest BCUT2D eigenvalue weighted by Crippen LogP contribution is 1.94. The topological polar surface area (TPSA) is 78.9 Å². The summed E-state index contributed by atoms with van der Waals surface area (Å²) in [5, 5.41) is 4.29. The van der Waals surface area contributed by atoms with Crippen molar-refractivity contribution in [1.29, 1.82) is 0 Å². The molecule has 0 saturated heterocycles. The Kier molecular flexibility index (Phi) is 5.57. The van der Waals surface area contributed by atoms with Crippen molar-refractivity contribution in [3.05, 3.63) is 12.4 Å². The standard InChI is InChI=1S/C10H19N3O3S/c1-2-3-6-12-8-9-13(11-12)7-4-5-10-17(14,15)16/h8-9H,2-7,10H2,1H3. The zero-order valence-electron chi connectivity index (χ0n) is 10.1. The average Bonchev–Trinajstić information content (AvgIpc) is 2.68. The smallest absolute Gasteiger partial charge is 0.155 e. The molecule has 1 aromatic heterocycles. The molecule has 0 aliphatic carbocycles. The molecule has 0 atom stereocenters. The van der Waals surface area contributed by atoms with Crippen LogP contribution < -0.4 is 4.68 Å². The van der Waals surface area contributed by atoms with Gasteiger partial charge in [-0.05, 0) is 19.3 Å². The van der Waals surface area contributed by atoms with Crippen molar-refractivity contribution in [3.63, 3.8) is 0 Å². The van der Waals surface area contributed by atoms with Gasteiger partial charge in [-0.25, -0.2) is 8.42 Å². The van der Waals surface area contributed by atoms with Crippen molar-refractivity contribution in [1.82, 2.24) is 9.90 Å². The predicted octanol–water partition coefficient (Wildman–Crippen LogP) is 0.296. The minimum absolute atomic E-state index is 0.288. The Morgan fingerprint density at radius 1 is 1.35 bits per heavy atom. The minimum atomic E-state index is -4.07. The van der Waals surface area contributed by atoms with Crippen LogP contribution >= 0.6 is 0 Å². The van der Waals surface area contributed by atoms with E-state index in [1.165, 1.54) is 0 Å². The van der Waals surface area contributed by atoms with Gasteiger partial charge < -0.3 is 4.55 Å². The first-order valence-corrected chi connectivity index (χ1v) is 7.46.